The Bertz CT molecular complexity index is 3890. The van der Waals surface area contributed by atoms with E-state index in [1.54, 1.807) is 0 Å². The molecule has 13 rings (SSSR count). The van der Waals surface area contributed by atoms with Gasteiger partial charge in [0.25, 0.3) is 0 Å². The second kappa shape index (κ2) is 16.8. The largest absolute Gasteiger partial charge is 0.309 e. The van der Waals surface area contributed by atoms with Gasteiger partial charge in [-0.05, 0) is 115 Å². The molecular weight excluding hydrogens is 849 g/mol. The molecule has 0 N–H and O–H groups in total. The molecule has 0 aliphatic rings. The minimum absolute atomic E-state index is 1.14. The molecule has 11 aromatic carbocycles. The zero-order chi connectivity index (χ0) is 45.7. The van der Waals surface area contributed by atoms with E-state index in [1.807, 2.05) is 0 Å². The molecule has 0 atom stereocenters. The molecule has 0 bridgehead atoms. The summed E-state index contributed by atoms with van der Waals surface area (Å²) in [5.41, 5.74) is 14.3. The third-order valence-corrected chi connectivity index (χ3v) is 19.1. The summed E-state index contributed by atoms with van der Waals surface area (Å²) in [6.45, 7) is 0. The number of hydrogen-bond donors (Lipinski definition) is 0. The summed E-state index contributed by atoms with van der Waals surface area (Å²) < 4.78 is 4.85. The van der Waals surface area contributed by atoms with E-state index >= 15 is 0 Å². The molecule has 0 spiro atoms. The highest BCUT2D eigenvalue weighted by Crippen LogP contribution is 2.39. The van der Waals surface area contributed by atoms with Crippen molar-refractivity contribution >= 4 is 72.4 Å². The Labute approximate surface area is 403 Å². The SMILES string of the molecule is c1ccc(-c2cccc(-n3c4ccccc4c4cc(-c5ccc6c(c5)c5ccccc5n6-c5cccc(-c6ccc([Si](c7ccccc7)(c7ccccc7)c7ccccc7)cc6)c5)ccc43)c2)cc1. The van der Waals surface area contributed by atoms with Crippen molar-refractivity contribution < 1.29 is 0 Å². The lowest BCUT2D eigenvalue weighted by atomic mass is 10.0. The summed E-state index contributed by atoms with van der Waals surface area (Å²) in [6.07, 6.45) is 0. The van der Waals surface area contributed by atoms with Gasteiger partial charge in [-0.1, -0.05) is 218 Å². The predicted octanol–water partition coefficient (Wildman–Crippen LogP) is 14.3. The van der Waals surface area contributed by atoms with E-state index in [4.69, 9.17) is 0 Å². The number of nitrogens with zero attached hydrogens (tertiary/aromatic N) is 2. The van der Waals surface area contributed by atoms with Gasteiger partial charge in [0.15, 0.2) is 8.07 Å². The lowest BCUT2D eigenvalue weighted by Crippen LogP contribution is -2.74. The number of benzene rings is 11. The van der Waals surface area contributed by atoms with Crippen molar-refractivity contribution in [1.82, 2.24) is 9.13 Å². The summed E-state index contributed by atoms with van der Waals surface area (Å²) in [5.74, 6) is 0. The van der Waals surface area contributed by atoms with Crippen LogP contribution in [0.25, 0.3) is 88.4 Å². The molecule has 2 nitrogen and oxygen atoms in total. The van der Waals surface area contributed by atoms with E-state index in [9.17, 15) is 0 Å². The van der Waals surface area contributed by atoms with Crippen LogP contribution in [0.15, 0.2) is 279 Å². The van der Waals surface area contributed by atoms with Crippen molar-refractivity contribution in [3.63, 3.8) is 0 Å². The Morgan fingerprint density at radius 1 is 0.203 bits per heavy atom. The standard InChI is InChI=1S/C66H46N2Si/c1-5-19-47(20-6-1)49-21-17-23-53(43-49)67-63-33-15-13-31-59(63)61-45-51(37-41-65(61)67)52-38-42-66-62(46-52)60-32-14-16-34-64(60)68(66)54-24-18-22-50(44-54)48-35-39-58(40-36-48)69(55-25-7-2-8-26-55,56-27-9-3-10-28-56)57-29-11-4-12-30-57/h1-46H. The monoisotopic (exact) mass is 894 g/mol. The Morgan fingerprint density at radius 3 is 0.971 bits per heavy atom. The quantitative estimate of drug-likeness (QED) is 0.101. The van der Waals surface area contributed by atoms with Gasteiger partial charge in [0, 0.05) is 32.9 Å². The van der Waals surface area contributed by atoms with E-state index in [-0.39, 0.29) is 0 Å². The van der Waals surface area contributed by atoms with Gasteiger partial charge in [-0.25, -0.2) is 0 Å². The Hall–Kier alpha value is -8.76. The van der Waals surface area contributed by atoms with Gasteiger partial charge in [-0.2, -0.15) is 0 Å². The highest BCUT2D eigenvalue weighted by atomic mass is 28.3. The summed E-state index contributed by atoms with van der Waals surface area (Å²) in [4.78, 5) is 0. The van der Waals surface area contributed by atoms with E-state index in [0.717, 1.165) is 11.4 Å². The first kappa shape index (κ1) is 40.5. The molecule has 3 heteroatoms. The van der Waals surface area contributed by atoms with Crippen molar-refractivity contribution in [2.45, 2.75) is 0 Å². The molecule has 69 heavy (non-hydrogen) atoms. The zero-order valence-corrected chi connectivity index (χ0v) is 39.0. The molecule has 0 amide bonds. The Morgan fingerprint density at radius 2 is 0.522 bits per heavy atom. The van der Waals surface area contributed by atoms with E-state index in [0.29, 0.717) is 0 Å². The first-order valence-corrected chi connectivity index (χ1v) is 25.8. The smallest absolute Gasteiger partial charge is 0.179 e. The fourth-order valence-electron chi connectivity index (χ4n) is 11.1. The molecule has 324 valence electrons. The second-order valence-corrected chi connectivity index (χ2v) is 21.9. The maximum atomic E-state index is 2.44. The summed E-state index contributed by atoms with van der Waals surface area (Å²) in [6, 6.07) is 103. The Kier molecular flexibility index (Phi) is 9.88. The number of fused-ring (bicyclic) bond motifs is 6. The minimum atomic E-state index is -2.63. The Balaban J connectivity index is 0.890. The number of hydrogen-bond acceptors (Lipinski definition) is 0. The first-order chi connectivity index (χ1) is 34.2. The molecule has 0 unspecified atom stereocenters. The third-order valence-electron chi connectivity index (χ3n) is 14.3. The van der Waals surface area contributed by atoms with Gasteiger partial charge >= 0.3 is 0 Å². The highest BCUT2D eigenvalue weighted by Gasteiger charge is 2.41. The number of para-hydroxylation sites is 2. The van der Waals surface area contributed by atoms with Crippen LogP contribution in [-0.2, 0) is 0 Å². The van der Waals surface area contributed by atoms with Crippen molar-refractivity contribution in [3.05, 3.63) is 279 Å². The van der Waals surface area contributed by atoms with Crippen molar-refractivity contribution in [2.75, 3.05) is 0 Å². The van der Waals surface area contributed by atoms with Crippen LogP contribution in [0.3, 0.4) is 0 Å². The van der Waals surface area contributed by atoms with Crippen LogP contribution in [0, 0.1) is 0 Å². The molecule has 2 heterocycles. The van der Waals surface area contributed by atoms with Crippen LogP contribution < -0.4 is 20.7 Å². The number of aromatic nitrogens is 2. The minimum Gasteiger partial charge on any atom is -0.309 e. The summed E-state index contributed by atoms with van der Waals surface area (Å²) in [7, 11) is -2.63. The van der Waals surface area contributed by atoms with Gasteiger partial charge in [0.05, 0.1) is 22.1 Å². The molecular formula is C66H46N2Si. The van der Waals surface area contributed by atoms with Crippen LogP contribution in [-0.4, -0.2) is 17.2 Å². The van der Waals surface area contributed by atoms with Gasteiger partial charge in [0.2, 0.25) is 0 Å². The molecule has 0 saturated heterocycles. The topological polar surface area (TPSA) is 9.86 Å². The number of rotatable bonds is 9. The molecule has 0 saturated carbocycles. The average molecular weight is 895 g/mol. The normalized spacial score (nSPS) is 11.8. The van der Waals surface area contributed by atoms with Crippen LogP contribution >= 0.6 is 0 Å². The zero-order valence-electron chi connectivity index (χ0n) is 38.0. The van der Waals surface area contributed by atoms with Crippen molar-refractivity contribution in [2.24, 2.45) is 0 Å². The van der Waals surface area contributed by atoms with Crippen molar-refractivity contribution in [3.8, 4) is 44.8 Å². The van der Waals surface area contributed by atoms with Crippen LogP contribution in [0.1, 0.15) is 0 Å². The first-order valence-electron chi connectivity index (χ1n) is 23.8. The fourth-order valence-corrected chi connectivity index (χ4v) is 15.9. The molecule has 0 radical (unpaired) electrons. The van der Waals surface area contributed by atoms with Crippen LogP contribution in [0.2, 0.25) is 0 Å². The van der Waals surface area contributed by atoms with Gasteiger partial charge in [-0.15, -0.1) is 0 Å². The van der Waals surface area contributed by atoms with E-state index in [2.05, 4.69) is 288 Å². The second-order valence-electron chi connectivity index (χ2n) is 18.1. The van der Waals surface area contributed by atoms with E-state index < -0.39 is 8.07 Å². The van der Waals surface area contributed by atoms with Crippen LogP contribution in [0.4, 0.5) is 0 Å². The van der Waals surface area contributed by atoms with Gasteiger partial charge in [-0.3, -0.25) is 0 Å². The highest BCUT2D eigenvalue weighted by molar-refractivity contribution is 7.19. The molecule has 2 aromatic heterocycles. The fraction of sp³-hybridized carbons (Fsp3) is 0. The van der Waals surface area contributed by atoms with Crippen LogP contribution in [0.5, 0.6) is 0 Å². The third kappa shape index (κ3) is 6.78. The molecule has 13 aromatic rings. The lowest BCUT2D eigenvalue weighted by molar-refractivity contribution is 1.18. The van der Waals surface area contributed by atoms with Gasteiger partial charge < -0.3 is 9.13 Å². The lowest BCUT2D eigenvalue weighted by Gasteiger charge is -2.34. The molecule has 0 fully saturated rings. The average Bonchev–Trinajstić information content (AvgIpc) is 3.95. The van der Waals surface area contributed by atoms with Gasteiger partial charge in [0.1, 0.15) is 0 Å². The molecule has 0 aliphatic carbocycles. The van der Waals surface area contributed by atoms with E-state index in [1.165, 1.54) is 97.7 Å². The maximum Gasteiger partial charge on any atom is 0.179 e. The molecule has 0 aliphatic heterocycles. The summed E-state index contributed by atoms with van der Waals surface area (Å²) in [5, 5.41) is 10.5. The maximum absolute atomic E-state index is 2.63. The predicted molar refractivity (Wildman–Crippen MR) is 295 cm³/mol. The van der Waals surface area contributed by atoms with Crippen molar-refractivity contribution in [1.29, 1.82) is 0 Å². The summed E-state index contributed by atoms with van der Waals surface area (Å²) >= 11 is 0.